The first-order valence-corrected chi connectivity index (χ1v) is 6.71. The van der Waals surface area contributed by atoms with Crippen molar-refractivity contribution in [1.82, 2.24) is 14.1 Å². The molecule has 2 rings (SSSR count). The van der Waals surface area contributed by atoms with Gasteiger partial charge in [-0.2, -0.15) is 0 Å². The molecule has 7 nitrogen and oxygen atoms in total. The van der Waals surface area contributed by atoms with E-state index >= 15 is 0 Å². The zero-order chi connectivity index (χ0) is 14.9. The molecule has 0 aliphatic heterocycles. The van der Waals surface area contributed by atoms with Crippen molar-refractivity contribution in [3.63, 3.8) is 0 Å². The van der Waals surface area contributed by atoms with Gasteiger partial charge in [-0.3, -0.25) is 13.9 Å². The van der Waals surface area contributed by atoms with Gasteiger partial charge in [0.05, 0.1) is 5.69 Å². The van der Waals surface area contributed by atoms with Crippen LogP contribution in [-0.2, 0) is 14.1 Å². The molecule has 0 atom stereocenters. The first-order chi connectivity index (χ1) is 9.47. The Hall–Kier alpha value is -2.35. The molecule has 0 bridgehead atoms. The molecule has 106 valence electrons. The van der Waals surface area contributed by atoms with E-state index in [1.165, 1.54) is 30.0 Å². The first-order valence-electron chi connectivity index (χ1n) is 5.83. The third-order valence-electron chi connectivity index (χ3n) is 2.87. The van der Waals surface area contributed by atoms with Crippen LogP contribution in [0.2, 0.25) is 0 Å². The second-order valence-electron chi connectivity index (χ2n) is 4.17. The molecule has 0 unspecified atom stereocenters. The van der Waals surface area contributed by atoms with Crippen LogP contribution in [0.4, 0.5) is 10.9 Å². The Morgan fingerprint density at radius 1 is 1.45 bits per heavy atom. The van der Waals surface area contributed by atoms with E-state index in [9.17, 15) is 9.59 Å². The Labute approximate surface area is 119 Å². The maximum absolute atomic E-state index is 12.2. The van der Waals surface area contributed by atoms with Gasteiger partial charge in [0.15, 0.2) is 5.13 Å². The summed E-state index contributed by atoms with van der Waals surface area (Å²) in [5, 5.41) is 5.42. The molecule has 0 fully saturated rings. The summed E-state index contributed by atoms with van der Waals surface area (Å²) in [5.41, 5.74) is 5.65. The van der Waals surface area contributed by atoms with Crippen LogP contribution in [0.15, 0.2) is 27.6 Å². The molecule has 2 aromatic heterocycles. The fourth-order valence-corrected chi connectivity index (χ4v) is 2.44. The first kappa shape index (κ1) is 14.1. The van der Waals surface area contributed by atoms with Gasteiger partial charge in [-0.05, 0) is 0 Å². The van der Waals surface area contributed by atoms with E-state index in [-0.39, 0.29) is 11.4 Å². The average molecular weight is 293 g/mol. The lowest BCUT2D eigenvalue weighted by atomic mass is 10.2. The van der Waals surface area contributed by atoms with Crippen LogP contribution in [0.25, 0.3) is 11.3 Å². The minimum Gasteiger partial charge on any atom is -0.384 e. The van der Waals surface area contributed by atoms with E-state index in [1.807, 2.05) is 0 Å². The number of nitrogens with one attached hydrogen (secondary N) is 1. The Kier molecular flexibility index (Phi) is 3.75. The SMILES string of the molecule is C=CCNc1nc(-c2c(N)n(C)c(=O)n(C)c2=O)cs1. The summed E-state index contributed by atoms with van der Waals surface area (Å²) in [6.45, 7) is 4.18. The predicted octanol–water partition coefficient (Wildman–Crippen LogP) is 0.388. The second kappa shape index (κ2) is 5.33. The summed E-state index contributed by atoms with van der Waals surface area (Å²) in [6.07, 6.45) is 1.71. The van der Waals surface area contributed by atoms with Gasteiger partial charge in [0.2, 0.25) is 0 Å². The molecule has 3 N–H and O–H groups in total. The highest BCUT2D eigenvalue weighted by molar-refractivity contribution is 7.14. The third kappa shape index (κ3) is 2.25. The second-order valence-corrected chi connectivity index (χ2v) is 5.03. The van der Waals surface area contributed by atoms with Crippen LogP contribution >= 0.6 is 11.3 Å². The molecule has 8 heteroatoms. The summed E-state index contributed by atoms with van der Waals surface area (Å²) in [6, 6.07) is 0. The van der Waals surface area contributed by atoms with Crippen molar-refractivity contribution in [3.8, 4) is 11.3 Å². The lowest BCUT2D eigenvalue weighted by Gasteiger charge is -2.09. The summed E-state index contributed by atoms with van der Waals surface area (Å²) in [7, 11) is 2.93. The van der Waals surface area contributed by atoms with E-state index in [2.05, 4.69) is 16.9 Å². The topological polar surface area (TPSA) is 94.9 Å². The highest BCUT2D eigenvalue weighted by atomic mass is 32.1. The van der Waals surface area contributed by atoms with Crippen molar-refractivity contribution in [2.45, 2.75) is 0 Å². The molecule has 0 radical (unpaired) electrons. The van der Waals surface area contributed by atoms with Crippen LogP contribution in [0.3, 0.4) is 0 Å². The highest BCUT2D eigenvalue weighted by Crippen LogP contribution is 2.25. The van der Waals surface area contributed by atoms with Crippen LogP contribution in [0, 0.1) is 0 Å². The molecular formula is C12H15N5O2S. The maximum atomic E-state index is 12.2. The fraction of sp³-hybridized carbons (Fsp3) is 0.250. The third-order valence-corrected chi connectivity index (χ3v) is 3.67. The van der Waals surface area contributed by atoms with Crippen molar-refractivity contribution >= 4 is 22.3 Å². The van der Waals surface area contributed by atoms with E-state index in [4.69, 9.17) is 5.73 Å². The van der Waals surface area contributed by atoms with E-state index in [1.54, 1.807) is 11.5 Å². The van der Waals surface area contributed by atoms with Crippen molar-refractivity contribution in [3.05, 3.63) is 38.9 Å². The average Bonchev–Trinajstić information content (AvgIpc) is 2.89. The molecule has 20 heavy (non-hydrogen) atoms. The monoisotopic (exact) mass is 293 g/mol. The van der Waals surface area contributed by atoms with Crippen molar-refractivity contribution in [2.75, 3.05) is 17.6 Å². The van der Waals surface area contributed by atoms with Crippen molar-refractivity contribution < 1.29 is 0 Å². The molecule has 0 spiro atoms. The fourth-order valence-electron chi connectivity index (χ4n) is 1.73. The number of nitrogens with two attached hydrogens (primary N) is 1. The summed E-state index contributed by atoms with van der Waals surface area (Å²) in [5.74, 6) is 0.110. The molecule has 0 aliphatic rings. The largest absolute Gasteiger partial charge is 0.384 e. The van der Waals surface area contributed by atoms with Crippen LogP contribution in [0.5, 0.6) is 0 Å². The quantitative estimate of drug-likeness (QED) is 0.795. The molecule has 0 saturated heterocycles. The Morgan fingerprint density at radius 2 is 2.15 bits per heavy atom. The Bertz CT molecular complexity index is 771. The predicted molar refractivity (Wildman–Crippen MR) is 81.1 cm³/mol. The normalized spacial score (nSPS) is 10.5. The maximum Gasteiger partial charge on any atom is 0.332 e. The summed E-state index contributed by atoms with van der Waals surface area (Å²) >= 11 is 1.36. The van der Waals surface area contributed by atoms with E-state index in [0.717, 1.165) is 4.57 Å². The Balaban J connectivity index is 2.59. The molecule has 0 saturated carbocycles. The van der Waals surface area contributed by atoms with Crippen molar-refractivity contribution in [1.29, 1.82) is 0 Å². The minimum atomic E-state index is -0.462. The van der Waals surface area contributed by atoms with Gasteiger partial charge >= 0.3 is 5.69 Å². The molecule has 2 heterocycles. The standard InChI is InChI=1S/C12H15N5O2S/c1-4-5-14-11-15-7(6-20-11)8-9(13)16(2)12(19)17(3)10(8)18/h4,6H,1,5,13H2,2-3H3,(H,14,15). The zero-order valence-corrected chi connectivity index (χ0v) is 12.0. The van der Waals surface area contributed by atoms with Gasteiger partial charge in [-0.15, -0.1) is 17.9 Å². The lowest BCUT2D eigenvalue weighted by Crippen LogP contribution is -2.39. The zero-order valence-electron chi connectivity index (χ0n) is 11.2. The highest BCUT2D eigenvalue weighted by Gasteiger charge is 2.17. The number of thiazole rings is 1. The molecule has 0 aromatic carbocycles. The van der Waals surface area contributed by atoms with E-state index < -0.39 is 11.2 Å². The molecule has 0 aliphatic carbocycles. The number of hydrogen-bond acceptors (Lipinski definition) is 6. The van der Waals surface area contributed by atoms with Gasteiger partial charge in [-0.1, -0.05) is 6.08 Å². The Morgan fingerprint density at radius 3 is 2.80 bits per heavy atom. The number of nitrogens with zero attached hydrogens (tertiary/aromatic N) is 3. The smallest absolute Gasteiger partial charge is 0.332 e. The van der Waals surface area contributed by atoms with Crippen LogP contribution in [-0.4, -0.2) is 20.7 Å². The summed E-state index contributed by atoms with van der Waals surface area (Å²) in [4.78, 5) is 28.2. The van der Waals surface area contributed by atoms with Gasteiger partial charge in [-0.25, -0.2) is 9.78 Å². The number of aromatic nitrogens is 3. The van der Waals surface area contributed by atoms with Crippen LogP contribution < -0.4 is 22.3 Å². The number of nitrogen functional groups attached to an aromatic ring is 1. The summed E-state index contributed by atoms with van der Waals surface area (Å²) < 4.78 is 2.24. The number of hydrogen-bond donors (Lipinski definition) is 2. The van der Waals surface area contributed by atoms with Crippen LogP contribution in [0.1, 0.15) is 0 Å². The molecular weight excluding hydrogens is 278 g/mol. The van der Waals surface area contributed by atoms with Gasteiger partial charge in [0.25, 0.3) is 5.56 Å². The van der Waals surface area contributed by atoms with Gasteiger partial charge in [0, 0.05) is 26.0 Å². The van der Waals surface area contributed by atoms with Gasteiger partial charge < -0.3 is 11.1 Å². The number of rotatable bonds is 4. The minimum absolute atomic E-state index is 0.110. The lowest BCUT2D eigenvalue weighted by molar-refractivity contribution is 0.696. The van der Waals surface area contributed by atoms with Crippen molar-refractivity contribution in [2.24, 2.45) is 14.1 Å². The molecule has 2 aromatic rings. The number of anilines is 2. The molecule has 0 amide bonds. The van der Waals surface area contributed by atoms with E-state index in [0.29, 0.717) is 17.4 Å². The van der Waals surface area contributed by atoms with Gasteiger partial charge in [0.1, 0.15) is 11.4 Å².